The Morgan fingerprint density at radius 1 is 1.41 bits per heavy atom. The van der Waals surface area contributed by atoms with E-state index in [0.717, 1.165) is 44.1 Å². The fraction of sp³-hybridized carbons (Fsp3) is 0.923. The smallest absolute Gasteiger partial charge is 0.239 e. The van der Waals surface area contributed by atoms with Gasteiger partial charge in [0.1, 0.15) is 0 Å². The second kappa shape index (κ2) is 6.64. The summed E-state index contributed by atoms with van der Waals surface area (Å²) in [5.41, 5.74) is 0. The Morgan fingerprint density at radius 3 is 3.12 bits per heavy atom. The molecule has 3 nitrogen and oxygen atoms in total. The van der Waals surface area contributed by atoms with E-state index in [1.165, 1.54) is 18.6 Å². The molecule has 0 aromatic carbocycles. The molecule has 0 aliphatic carbocycles. The molecule has 1 amide bonds. The van der Waals surface area contributed by atoms with Crippen LogP contribution in [0.3, 0.4) is 0 Å². The topological polar surface area (TPSA) is 32.3 Å². The van der Waals surface area contributed by atoms with Crippen LogP contribution in [-0.4, -0.2) is 48.0 Å². The monoisotopic (exact) mass is 256 g/mol. The molecule has 2 saturated heterocycles. The van der Waals surface area contributed by atoms with Crippen LogP contribution in [0.1, 0.15) is 32.6 Å². The molecule has 2 rings (SSSR count). The van der Waals surface area contributed by atoms with E-state index in [2.05, 4.69) is 17.1 Å². The zero-order valence-electron chi connectivity index (χ0n) is 10.8. The number of amides is 1. The molecule has 2 atom stereocenters. The van der Waals surface area contributed by atoms with Gasteiger partial charge in [0.05, 0.1) is 6.04 Å². The summed E-state index contributed by atoms with van der Waals surface area (Å²) in [6.45, 7) is 5.15. The first-order valence-electron chi connectivity index (χ1n) is 6.91. The molecule has 0 bridgehead atoms. The van der Waals surface area contributed by atoms with Crippen LogP contribution in [0.25, 0.3) is 0 Å². The SMILES string of the molecule is CCC1CCNC(C(=O)N2CCCSCC2)C1. The lowest BCUT2D eigenvalue weighted by Gasteiger charge is -2.32. The van der Waals surface area contributed by atoms with E-state index in [-0.39, 0.29) is 6.04 Å². The third-order valence-corrected chi connectivity index (χ3v) is 4.97. The highest BCUT2D eigenvalue weighted by molar-refractivity contribution is 7.99. The fourth-order valence-electron chi connectivity index (χ4n) is 2.74. The molecule has 2 aliphatic heterocycles. The van der Waals surface area contributed by atoms with Crippen LogP contribution in [0, 0.1) is 5.92 Å². The van der Waals surface area contributed by atoms with Crippen molar-refractivity contribution in [1.29, 1.82) is 0 Å². The lowest BCUT2D eigenvalue weighted by Crippen LogP contribution is -2.50. The molecule has 17 heavy (non-hydrogen) atoms. The quantitative estimate of drug-likeness (QED) is 0.816. The van der Waals surface area contributed by atoms with Crippen LogP contribution in [-0.2, 0) is 4.79 Å². The maximum Gasteiger partial charge on any atom is 0.239 e. The van der Waals surface area contributed by atoms with Gasteiger partial charge in [-0.25, -0.2) is 0 Å². The van der Waals surface area contributed by atoms with Crippen molar-refractivity contribution in [2.75, 3.05) is 31.1 Å². The first kappa shape index (κ1) is 13.2. The molecule has 0 saturated carbocycles. The van der Waals surface area contributed by atoms with Gasteiger partial charge in [-0.3, -0.25) is 4.79 Å². The van der Waals surface area contributed by atoms with Crippen LogP contribution in [0.2, 0.25) is 0 Å². The highest BCUT2D eigenvalue weighted by Crippen LogP contribution is 2.21. The van der Waals surface area contributed by atoms with Crippen molar-refractivity contribution >= 4 is 17.7 Å². The maximum atomic E-state index is 12.4. The first-order chi connectivity index (χ1) is 8.31. The zero-order chi connectivity index (χ0) is 12.1. The van der Waals surface area contributed by atoms with Gasteiger partial charge in [-0.05, 0) is 37.5 Å². The second-order valence-corrected chi connectivity index (χ2v) is 6.32. The van der Waals surface area contributed by atoms with Crippen molar-refractivity contribution < 1.29 is 4.79 Å². The van der Waals surface area contributed by atoms with Crippen molar-refractivity contribution in [1.82, 2.24) is 10.2 Å². The van der Waals surface area contributed by atoms with Gasteiger partial charge in [0, 0.05) is 18.8 Å². The van der Waals surface area contributed by atoms with E-state index >= 15 is 0 Å². The average Bonchev–Trinajstić information content (AvgIpc) is 2.67. The molecule has 4 heteroatoms. The van der Waals surface area contributed by atoms with Gasteiger partial charge in [-0.1, -0.05) is 13.3 Å². The molecule has 1 N–H and O–H groups in total. The van der Waals surface area contributed by atoms with E-state index in [1.54, 1.807) is 0 Å². The van der Waals surface area contributed by atoms with Gasteiger partial charge in [0.25, 0.3) is 0 Å². The van der Waals surface area contributed by atoms with E-state index in [4.69, 9.17) is 0 Å². The fourth-order valence-corrected chi connectivity index (χ4v) is 3.63. The van der Waals surface area contributed by atoms with Crippen molar-refractivity contribution in [3.63, 3.8) is 0 Å². The number of nitrogens with zero attached hydrogens (tertiary/aromatic N) is 1. The van der Waals surface area contributed by atoms with E-state index in [9.17, 15) is 4.79 Å². The standard InChI is InChI=1S/C13H24N2OS/c1-2-11-4-5-14-12(10-11)13(16)15-6-3-8-17-9-7-15/h11-12,14H,2-10H2,1H3. The molecule has 2 heterocycles. The first-order valence-corrected chi connectivity index (χ1v) is 8.06. The number of hydrogen-bond acceptors (Lipinski definition) is 3. The average molecular weight is 256 g/mol. The van der Waals surface area contributed by atoms with Gasteiger partial charge in [-0.2, -0.15) is 11.8 Å². The van der Waals surface area contributed by atoms with Gasteiger partial charge in [0.15, 0.2) is 0 Å². The summed E-state index contributed by atoms with van der Waals surface area (Å²) >= 11 is 1.97. The third-order valence-electron chi connectivity index (χ3n) is 3.92. The Morgan fingerprint density at radius 2 is 2.29 bits per heavy atom. The van der Waals surface area contributed by atoms with Gasteiger partial charge in [-0.15, -0.1) is 0 Å². The number of carbonyl (C=O) groups excluding carboxylic acids is 1. The number of nitrogens with one attached hydrogen (secondary N) is 1. The summed E-state index contributed by atoms with van der Waals surface area (Å²) in [6, 6.07) is 0.0943. The van der Waals surface area contributed by atoms with Gasteiger partial charge in [0.2, 0.25) is 5.91 Å². The van der Waals surface area contributed by atoms with Crippen molar-refractivity contribution in [3.8, 4) is 0 Å². The molecule has 0 aromatic heterocycles. The van der Waals surface area contributed by atoms with Gasteiger partial charge < -0.3 is 10.2 Å². The molecule has 2 unspecified atom stereocenters. The van der Waals surface area contributed by atoms with Crippen molar-refractivity contribution in [3.05, 3.63) is 0 Å². The molecular weight excluding hydrogens is 232 g/mol. The Balaban J connectivity index is 1.89. The van der Waals surface area contributed by atoms with Crippen LogP contribution in [0.4, 0.5) is 0 Å². The minimum atomic E-state index is 0.0943. The highest BCUT2D eigenvalue weighted by Gasteiger charge is 2.29. The molecule has 0 aromatic rings. The maximum absolute atomic E-state index is 12.4. The molecular formula is C13H24N2OS. The summed E-state index contributed by atoms with van der Waals surface area (Å²) in [4.78, 5) is 14.5. The Hall–Kier alpha value is -0.220. The minimum absolute atomic E-state index is 0.0943. The Kier molecular flexibility index (Phi) is 5.16. The second-order valence-electron chi connectivity index (χ2n) is 5.10. The molecule has 2 fully saturated rings. The summed E-state index contributed by atoms with van der Waals surface area (Å²) in [5.74, 6) is 3.41. The van der Waals surface area contributed by atoms with Crippen LogP contribution in [0.15, 0.2) is 0 Å². The number of piperidine rings is 1. The van der Waals surface area contributed by atoms with Crippen LogP contribution >= 0.6 is 11.8 Å². The number of rotatable bonds is 2. The van der Waals surface area contributed by atoms with Crippen LogP contribution < -0.4 is 5.32 Å². The predicted molar refractivity (Wildman–Crippen MR) is 73.3 cm³/mol. The minimum Gasteiger partial charge on any atom is -0.340 e. The summed E-state index contributed by atoms with van der Waals surface area (Å²) in [5, 5.41) is 3.40. The summed E-state index contributed by atoms with van der Waals surface area (Å²) in [7, 11) is 0. The van der Waals surface area contributed by atoms with Crippen LogP contribution in [0.5, 0.6) is 0 Å². The zero-order valence-corrected chi connectivity index (χ0v) is 11.6. The van der Waals surface area contributed by atoms with Crippen molar-refractivity contribution in [2.24, 2.45) is 5.92 Å². The van der Waals surface area contributed by atoms with Crippen molar-refractivity contribution in [2.45, 2.75) is 38.6 Å². The number of carbonyl (C=O) groups is 1. The predicted octanol–water partition coefficient (Wildman–Crippen LogP) is 1.73. The molecule has 98 valence electrons. The number of thioether (sulfide) groups is 1. The lowest BCUT2D eigenvalue weighted by atomic mass is 9.90. The highest BCUT2D eigenvalue weighted by atomic mass is 32.2. The Labute approximate surface area is 109 Å². The molecule has 2 aliphatic rings. The summed E-state index contributed by atoms with van der Waals surface area (Å²) < 4.78 is 0. The molecule has 0 radical (unpaired) electrons. The van der Waals surface area contributed by atoms with E-state index in [1.807, 2.05) is 11.8 Å². The summed E-state index contributed by atoms with van der Waals surface area (Å²) in [6.07, 6.45) is 4.64. The third kappa shape index (κ3) is 3.62. The van der Waals surface area contributed by atoms with E-state index in [0.29, 0.717) is 5.91 Å². The van der Waals surface area contributed by atoms with E-state index < -0.39 is 0 Å². The lowest BCUT2D eigenvalue weighted by molar-refractivity contribution is -0.134. The van der Waals surface area contributed by atoms with Gasteiger partial charge >= 0.3 is 0 Å². The number of hydrogen-bond donors (Lipinski definition) is 1. The largest absolute Gasteiger partial charge is 0.340 e. The Bertz CT molecular complexity index is 252. The molecule has 0 spiro atoms. The normalized spacial score (nSPS) is 31.0.